The van der Waals surface area contributed by atoms with E-state index in [1.807, 2.05) is 10.6 Å². The molecular formula is C15H20ClN3O2. The Bertz CT molecular complexity index is 625. The van der Waals surface area contributed by atoms with Gasteiger partial charge in [-0.05, 0) is 5.92 Å². The van der Waals surface area contributed by atoms with Gasteiger partial charge in [-0.15, -0.1) is 0 Å². The minimum atomic E-state index is -0.126. The molecule has 2 N–H and O–H groups in total. The van der Waals surface area contributed by atoms with E-state index in [1.165, 1.54) is 0 Å². The average Bonchev–Trinajstić information content (AvgIpc) is 2.94. The van der Waals surface area contributed by atoms with Gasteiger partial charge in [-0.1, -0.05) is 25.4 Å². The summed E-state index contributed by atoms with van der Waals surface area (Å²) in [6.07, 6.45) is 3.48. The highest BCUT2D eigenvalue weighted by atomic mass is 35.5. The van der Waals surface area contributed by atoms with Crippen molar-refractivity contribution in [1.82, 2.24) is 9.55 Å². The molecular weight excluding hydrogens is 290 g/mol. The van der Waals surface area contributed by atoms with Gasteiger partial charge in [-0.25, -0.2) is 4.98 Å². The molecule has 0 saturated heterocycles. The second kappa shape index (κ2) is 6.37. The third-order valence-corrected chi connectivity index (χ3v) is 3.74. The highest BCUT2D eigenvalue weighted by Gasteiger charge is 2.19. The fourth-order valence-electron chi connectivity index (χ4n) is 2.13. The molecule has 6 heteroatoms. The Kier molecular flexibility index (Phi) is 4.75. The molecule has 0 aliphatic heterocycles. The lowest BCUT2D eigenvalue weighted by Gasteiger charge is -2.20. The van der Waals surface area contributed by atoms with Crippen molar-refractivity contribution in [2.45, 2.75) is 19.9 Å². The number of rotatable bonds is 5. The standard InChI is InChI=1S/C15H20ClN3O2/c1-9(2)15(17)12-7-18-8-19(12)11-6-13(20-3)10(16)5-14(11)21-4/h5-9,15H,17H2,1-4H3. The zero-order chi connectivity index (χ0) is 15.6. The number of hydrogen-bond acceptors (Lipinski definition) is 4. The monoisotopic (exact) mass is 309 g/mol. The second-order valence-corrected chi connectivity index (χ2v) is 5.52. The van der Waals surface area contributed by atoms with E-state index in [1.54, 1.807) is 32.8 Å². The van der Waals surface area contributed by atoms with Crippen LogP contribution in [-0.2, 0) is 0 Å². The molecule has 0 aliphatic rings. The van der Waals surface area contributed by atoms with E-state index in [9.17, 15) is 0 Å². The Morgan fingerprint density at radius 3 is 2.43 bits per heavy atom. The Morgan fingerprint density at radius 2 is 1.86 bits per heavy atom. The third kappa shape index (κ3) is 2.99. The molecule has 1 aromatic heterocycles. The van der Waals surface area contributed by atoms with Gasteiger partial charge < -0.3 is 15.2 Å². The van der Waals surface area contributed by atoms with Gasteiger partial charge in [0.2, 0.25) is 0 Å². The number of nitrogens with two attached hydrogens (primary N) is 1. The molecule has 2 aromatic rings. The zero-order valence-corrected chi connectivity index (χ0v) is 13.4. The maximum atomic E-state index is 6.25. The summed E-state index contributed by atoms with van der Waals surface area (Å²) in [7, 11) is 3.17. The van der Waals surface area contributed by atoms with Crippen molar-refractivity contribution in [2.75, 3.05) is 14.2 Å². The molecule has 0 spiro atoms. The van der Waals surface area contributed by atoms with Crippen LogP contribution in [0.1, 0.15) is 25.6 Å². The van der Waals surface area contributed by atoms with Crippen molar-refractivity contribution in [3.8, 4) is 17.2 Å². The smallest absolute Gasteiger partial charge is 0.144 e. The van der Waals surface area contributed by atoms with E-state index in [-0.39, 0.29) is 6.04 Å². The summed E-state index contributed by atoms with van der Waals surface area (Å²) in [5.41, 5.74) is 7.96. The Hall–Kier alpha value is -1.72. The Balaban J connectivity index is 2.59. The topological polar surface area (TPSA) is 62.3 Å². The first-order valence-corrected chi connectivity index (χ1v) is 7.07. The van der Waals surface area contributed by atoms with Crippen molar-refractivity contribution in [3.63, 3.8) is 0 Å². The number of hydrogen-bond donors (Lipinski definition) is 1. The van der Waals surface area contributed by atoms with Crippen LogP contribution in [0.2, 0.25) is 5.02 Å². The van der Waals surface area contributed by atoms with E-state index in [2.05, 4.69) is 18.8 Å². The molecule has 1 heterocycles. The highest BCUT2D eigenvalue weighted by Crippen LogP contribution is 2.36. The lowest BCUT2D eigenvalue weighted by atomic mass is 10.0. The first-order chi connectivity index (χ1) is 9.99. The highest BCUT2D eigenvalue weighted by molar-refractivity contribution is 6.32. The third-order valence-electron chi connectivity index (χ3n) is 3.44. The van der Waals surface area contributed by atoms with Gasteiger partial charge in [0.25, 0.3) is 0 Å². The van der Waals surface area contributed by atoms with E-state index in [4.69, 9.17) is 26.8 Å². The molecule has 21 heavy (non-hydrogen) atoms. The molecule has 1 aromatic carbocycles. The second-order valence-electron chi connectivity index (χ2n) is 5.12. The van der Waals surface area contributed by atoms with Gasteiger partial charge in [0.05, 0.1) is 43.1 Å². The van der Waals surface area contributed by atoms with Crippen molar-refractivity contribution in [1.29, 1.82) is 0 Å². The van der Waals surface area contributed by atoms with Crippen LogP contribution >= 0.6 is 11.6 Å². The van der Waals surface area contributed by atoms with E-state index < -0.39 is 0 Å². The number of halogens is 1. The van der Waals surface area contributed by atoms with Crippen molar-refractivity contribution >= 4 is 11.6 Å². The number of ether oxygens (including phenoxy) is 2. The largest absolute Gasteiger partial charge is 0.495 e. The van der Waals surface area contributed by atoms with Crippen LogP contribution < -0.4 is 15.2 Å². The molecule has 1 unspecified atom stereocenters. The van der Waals surface area contributed by atoms with Crippen LogP contribution in [0.3, 0.4) is 0 Å². The first kappa shape index (κ1) is 15.7. The van der Waals surface area contributed by atoms with E-state index in [0.29, 0.717) is 22.4 Å². The Labute approximate surface area is 129 Å². The summed E-state index contributed by atoms with van der Waals surface area (Å²) >= 11 is 6.14. The number of aromatic nitrogens is 2. The van der Waals surface area contributed by atoms with Gasteiger partial charge in [-0.3, -0.25) is 4.57 Å². The van der Waals surface area contributed by atoms with Crippen LogP contribution in [0.25, 0.3) is 5.69 Å². The van der Waals surface area contributed by atoms with E-state index >= 15 is 0 Å². The minimum absolute atomic E-state index is 0.126. The van der Waals surface area contributed by atoms with Crippen molar-refractivity contribution in [3.05, 3.63) is 35.4 Å². The predicted octanol–water partition coefficient (Wildman–Crippen LogP) is 3.20. The molecule has 0 bridgehead atoms. The fraction of sp³-hybridized carbons (Fsp3) is 0.400. The summed E-state index contributed by atoms with van der Waals surface area (Å²) in [6.45, 7) is 4.14. The van der Waals surface area contributed by atoms with Crippen LogP contribution in [-0.4, -0.2) is 23.8 Å². The summed E-state index contributed by atoms with van der Waals surface area (Å²) in [5, 5.41) is 0.493. The summed E-state index contributed by atoms with van der Waals surface area (Å²) in [5.74, 6) is 1.50. The molecule has 114 valence electrons. The van der Waals surface area contributed by atoms with Gasteiger partial charge in [-0.2, -0.15) is 0 Å². The molecule has 0 saturated carbocycles. The molecule has 5 nitrogen and oxygen atoms in total. The first-order valence-electron chi connectivity index (χ1n) is 6.69. The predicted molar refractivity (Wildman–Crippen MR) is 83.4 cm³/mol. The fourth-order valence-corrected chi connectivity index (χ4v) is 2.36. The molecule has 2 rings (SSSR count). The van der Waals surface area contributed by atoms with Crippen LogP contribution in [0.15, 0.2) is 24.7 Å². The van der Waals surface area contributed by atoms with Gasteiger partial charge in [0, 0.05) is 18.2 Å². The summed E-state index contributed by atoms with van der Waals surface area (Å²) in [4.78, 5) is 4.21. The van der Waals surface area contributed by atoms with Crippen LogP contribution in [0.5, 0.6) is 11.5 Å². The summed E-state index contributed by atoms with van der Waals surface area (Å²) < 4.78 is 12.6. The van der Waals surface area contributed by atoms with Gasteiger partial charge in [0.1, 0.15) is 11.5 Å². The Morgan fingerprint density at radius 1 is 1.19 bits per heavy atom. The SMILES string of the molecule is COc1cc(-n2cncc2C(N)C(C)C)c(OC)cc1Cl. The number of imidazole rings is 1. The lowest BCUT2D eigenvalue weighted by molar-refractivity contribution is 0.400. The molecule has 0 aliphatic carbocycles. The zero-order valence-electron chi connectivity index (χ0n) is 12.6. The lowest BCUT2D eigenvalue weighted by Crippen LogP contribution is -2.20. The number of nitrogens with zero attached hydrogens (tertiary/aromatic N) is 2. The molecule has 0 fully saturated rings. The van der Waals surface area contributed by atoms with Gasteiger partial charge >= 0.3 is 0 Å². The number of methoxy groups -OCH3 is 2. The van der Waals surface area contributed by atoms with Crippen molar-refractivity contribution < 1.29 is 9.47 Å². The molecule has 1 atom stereocenters. The molecule has 0 amide bonds. The van der Waals surface area contributed by atoms with Crippen LogP contribution in [0, 0.1) is 5.92 Å². The number of benzene rings is 1. The van der Waals surface area contributed by atoms with E-state index in [0.717, 1.165) is 11.4 Å². The van der Waals surface area contributed by atoms with Crippen LogP contribution in [0.4, 0.5) is 0 Å². The minimum Gasteiger partial charge on any atom is -0.495 e. The molecule has 0 radical (unpaired) electrons. The summed E-state index contributed by atoms with van der Waals surface area (Å²) in [6, 6.07) is 3.42. The average molecular weight is 310 g/mol. The quantitative estimate of drug-likeness (QED) is 0.921. The maximum Gasteiger partial charge on any atom is 0.144 e. The maximum absolute atomic E-state index is 6.25. The van der Waals surface area contributed by atoms with Crippen molar-refractivity contribution in [2.24, 2.45) is 11.7 Å². The normalized spacial score (nSPS) is 12.5. The van der Waals surface area contributed by atoms with Gasteiger partial charge in [0.15, 0.2) is 0 Å².